The van der Waals surface area contributed by atoms with Gasteiger partial charge in [-0.05, 0) is 30.9 Å². The molecular weight excluding hydrogens is 290 g/mol. The summed E-state index contributed by atoms with van der Waals surface area (Å²) < 4.78 is 0. The lowest BCUT2D eigenvalue weighted by molar-refractivity contribution is 0.466. The molecule has 1 aromatic carbocycles. The lowest BCUT2D eigenvalue weighted by Crippen LogP contribution is -2.06. The van der Waals surface area contributed by atoms with E-state index in [1.54, 1.807) is 12.3 Å². The molecule has 0 aromatic heterocycles. The van der Waals surface area contributed by atoms with Crippen molar-refractivity contribution in [1.29, 1.82) is 0 Å². The van der Waals surface area contributed by atoms with Crippen molar-refractivity contribution in [2.45, 2.75) is 37.9 Å². The smallest absolute Gasteiger partial charge is 0.124 e. The van der Waals surface area contributed by atoms with Crippen molar-refractivity contribution in [3.8, 4) is 5.75 Å². The highest BCUT2D eigenvalue weighted by molar-refractivity contribution is 9.09. The Hall–Kier alpha value is -0.830. The summed E-state index contributed by atoms with van der Waals surface area (Å²) in [6, 6.07) is 7.29. The van der Waals surface area contributed by atoms with Crippen LogP contribution >= 0.6 is 15.9 Å². The Bertz CT molecular complexity index is 377. The van der Waals surface area contributed by atoms with Crippen molar-refractivity contribution >= 4 is 22.1 Å². The van der Waals surface area contributed by atoms with E-state index in [4.69, 9.17) is 0 Å². The van der Waals surface area contributed by atoms with Crippen LogP contribution in [0.4, 0.5) is 0 Å². The SMILES string of the molecule is CCC(CCC(C)Br)CN=Cc1ccccc1O. The molecule has 100 valence electrons. The number of hydrogen-bond donors (Lipinski definition) is 1. The molecule has 0 saturated carbocycles. The largest absolute Gasteiger partial charge is 0.507 e. The molecule has 3 heteroatoms. The van der Waals surface area contributed by atoms with Gasteiger partial charge in [-0.15, -0.1) is 0 Å². The maximum absolute atomic E-state index is 9.61. The summed E-state index contributed by atoms with van der Waals surface area (Å²) in [4.78, 5) is 5.03. The fourth-order valence-electron chi connectivity index (χ4n) is 1.79. The predicted octanol–water partition coefficient (Wildman–Crippen LogP) is 4.40. The van der Waals surface area contributed by atoms with Gasteiger partial charge in [0.05, 0.1) is 0 Å². The third kappa shape index (κ3) is 5.67. The zero-order valence-corrected chi connectivity index (χ0v) is 12.7. The first-order valence-corrected chi connectivity index (χ1v) is 7.47. The van der Waals surface area contributed by atoms with Gasteiger partial charge >= 0.3 is 0 Å². The van der Waals surface area contributed by atoms with E-state index >= 15 is 0 Å². The Morgan fingerprint density at radius 3 is 2.67 bits per heavy atom. The van der Waals surface area contributed by atoms with Crippen LogP contribution in [0.5, 0.6) is 5.75 Å². The number of phenolic OH excluding ortho intramolecular Hbond substituents is 1. The van der Waals surface area contributed by atoms with Crippen LogP contribution in [0.15, 0.2) is 29.3 Å². The Morgan fingerprint density at radius 2 is 2.06 bits per heavy atom. The first-order valence-electron chi connectivity index (χ1n) is 6.55. The number of phenols is 1. The van der Waals surface area contributed by atoms with Crippen LogP contribution in [0.2, 0.25) is 0 Å². The fourth-order valence-corrected chi connectivity index (χ4v) is 2.05. The number of alkyl halides is 1. The van der Waals surface area contributed by atoms with Crippen molar-refractivity contribution in [3.63, 3.8) is 0 Å². The van der Waals surface area contributed by atoms with Crippen molar-refractivity contribution in [3.05, 3.63) is 29.8 Å². The van der Waals surface area contributed by atoms with E-state index in [9.17, 15) is 5.11 Å². The average Bonchev–Trinajstić information content (AvgIpc) is 2.35. The minimum atomic E-state index is 0.295. The number of benzene rings is 1. The maximum Gasteiger partial charge on any atom is 0.124 e. The Balaban J connectivity index is 2.45. The van der Waals surface area contributed by atoms with Gasteiger partial charge in [0.15, 0.2) is 0 Å². The molecule has 0 radical (unpaired) electrons. The monoisotopic (exact) mass is 311 g/mol. The molecule has 0 aliphatic heterocycles. The van der Waals surface area contributed by atoms with Gasteiger partial charge in [-0.25, -0.2) is 0 Å². The molecule has 2 atom stereocenters. The van der Waals surface area contributed by atoms with Gasteiger partial charge in [-0.3, -0.25) is 4.99 Å². The number of para-hydroxylation sites is 1. The van der Waals surface area contributed by atoms with Crippen molar-refractivity contribution in [2.24, 2.45) is 10.9 Å². The third-order valence-corrected chi connectivity index (χ3v) is 3.54. The molecule has 0 spiro atoms. The van der Waals surface area contributed by atoms with Crippen LogP contribution < -0.4 is 0 Å². The summed E-state index contributed by atoms with van der Waals surface area (Å²) >= 11 is 3.58. The molecule has 0 fully saturated rings. The summed E-state index contributed by atoms with van der Waals surface area (Å²) in [5, 5.41) is 9.61. The van der Waals surface area contributed by atoms with E-state index in [1.165, 1.54) is 12.8 Å². The molecule has 0 saturated heterocycles. The molecule has 2 nitrogen and oxygen atoms in total. The fraction of sp³-hybridized carbons (Fsp3) is 0.533. The zero-order valence-electron chi connectivity index (χ0n) is 11.1. The molecule has 1 aromatic rings. The summed E-state index contributed by atoms with van der Waals surface area (Å²) in [6.45, 7) is 5.22. The molecule has 18 heavy (non-hydrogen) atoms. The van der Waals surface area contributed by atoms with Crippen molar-refractivity contribution in [1.82, 2.24) is 0 Å². The van der Waals surface area contributed by atoms with E-state index < -0.39 is 0 Å². The number of aromatic hydroxyl groups is 1. The van der Waals surface area contributed by atoms with Gasteiger partial charge < -0.3 is 5.11 Å². The lowest BCUT2D eigenvalue weighted by Gasteiger charge is -2.12. The van der Waals surface area contributed by atoms with Crippen LogP contribution in [-0.2, 0) is 0 Å². The number of halogens is 1. The summed E-state index contributed by atoms with van der Waals surface area (Å²) in [5.41, 5.74) is 0.793. The molecule has 0 amide bonds. The minimum Gasteiger partial charge on any atom is -0.507 e. The zero-order chi connectivity index (χ0) is 13.4. The van der Waals surface area contributed by atoms with Gasteiger partial charge in [0, 0.05) is 23.1 Å². The summed E-state index contributed by atoms with van der Waals surface area (Å²) in [6.07, 6.45) is 5.30. The van der Waals surface area contributed by atoms with Crippen LogP contribution in [0.1, 0.15) is 38.7 Å². The van der Waals surface area contributed by atoms with Gasteiger partial charge in [0.1, 0.15) is 5.75 Å². The second kappa shape index (κ2) is 8.30. The second-order valence-corrected chi connectivity index (χ2v) is 6.25. The van der Waals surface area contributed by atoms with Crippen LogP contribution in [0.3, 0.4) is 0 Å². The molecule has 0 aliphatic rings. The molecule has 0 aliphatic carbocycles. The molecule has 1 N–H and O–H groups in total. The van der Waals surface area contributed by atoms with E-state index in [2.05, 4.69) is 34.8 Å². The van der Waals surface area contributed by atoms with Gasteiger partial charge in [0.2, 0.25) is 0 Å². The van der Waals surface area contributed by atoms with E-state index in [-0.39, 0.29) is 0 Å². The molecule has 0 bridgehead atoms. The van der Waals surface area contributed by atoms with Crippen LogP contribution in [0.25, 0.3) is 0 Å². The molecular formula is C15H22BrNO. The predicted molar refractivity (Wildman–Crippen MR) is 82.0 cm³/mol. The highest BCUT2D eigenvalue weighted by atomic mass is 79.9. The Kier molecular flexibility index (Phi) is 7.02. The number of hydrogen-bond acceptors (Lipinski definition) is 2. The minimum absolute atomic E-state index is 0.295. The molecule has 2 unspecified atom stereocenters. The third-order valence-electron chi connectivity index (χ3n) is 3.08. The highest BCUT2D eigenvalue weighted by Crippen LogP contribution is 2.17. The maximum atomic E-state index is 9.61. The first kappa shape index (κ1) is 15.2. The standard InChI is InChI=1S/C15H22BrNO/c1-3-13(9-8-12(2)16)10-17-11-14-6-4-5-7-15(14)18/h4-7,11-13,18H,3,8-10H2,1-2H3. The molecule has 1 rings (SSSR count). The first-order chi connectivity index (χ1) is 8.63. The summed E-state index contributed by atoms with van der Waals surface area (Å²) in [5.74, 6) is 0.926. The normalized spacial score (nSPS) is 14.8. The topological polar surface area (TPSA) is 32.6 Å². The second-order valence-electron chi connectivity index (χ2n) is 4.69. The van der Waals surface area contributed by atoms with E-state index in [0.717, 1.165) is 18.5 Å². The van der Waals surface area contributed by atoms with Crippen molar-refractivity contribution in [2.75, 3.05) is 6.54 Å². The lowest BCUT2D eigenvalue weighted by atomic mass is 10.00. The Morgan fingerprint density at radius 1 is 1.33 bits per heavy atom. The van der Waals surface area contributed by atoms with Crippen LogP contribution in [0, 0.1) is 5.92 Å². The molecule has 0 heterocycles. The number of rotatable bonds is 7. The van der Waals surface area contributed by atoms with E-state index in [0.29, 0.717) is 16.5 Å². The summed E-state index contributed by atoms with van der Waals surface area (Å²) in [7, 11) is 0. The van der Waals surface area contributed by atoms with Gasteiger partial charge in [-0.1, -0.05) is 48.3 Å². The van der Waals surface area contributed by atoms with Crippen LogP contribution in [-0.4, -0.2) is 22.7 Å². The number of nitrogens with zero attached hydrogens (tertiary/aromatic N) is 1. The average molecular weight is 312 g/mol. The van der Waals surface area contributed by atoms with E-state index in [1.807, 2.05) is 18.2 Å². The highest BCUT2D eigenvalue weighted by Gasteiger charge is 2.07. The van der Waals surface area contributed by atoms with Gasteiger partial charge in [-0.2, -0.15) is 0 Å². The van der Waals surface area contributed by atoms with Crippen molar-refractivity contribution < 1.29 is 5.11 Å². The number of aliphatic imine (C=N–C) groups is 1. The van der Waals surface area contributed by atoms with Gasteiger partial charge in [0.25, 0.3) is 0 Å². The quantitative estimate of drug-likeness (QED) is 0.587. The Labute approximate surface area is 118 Å².